The van der Waals surface area contributed by atoms with E-state index in [4.69, 9.17) is 10.5 Å². The van der Waals surface area contributed by atoms with Gasteiger partial charge < -0.3 is 15.4 Å². The van der Waals surface area contributed by atoms with E-state index in [0.29, 0.717) is 0 Å². The van der Waals surface area contributed by atoms with Crippen molar-refractivity contribution in [1.82, 2.24) is 4.90 Å². The molecule has 3 heteroatoms. The smallest absolute Gasteiger partial charge is 0.122 e. The summed E-state index contributed by atoms with van der Waals surface area (Å²) in [4.78, 5) is 2.18. The average Bonchev–Trinajstić information content (AvgIpc) is 2.35. The van der Waals surface area contributed by atoms with Gasteiger partial charge >= 0.3 is 0 Å². The Bertz CT molecular complexity index is 390. The molecule has 0 aliphatic heterocycles. The zero-order valence-corrected chi connectivity index (χ0v) is 11.5. The zero-order chi connectivity index (χ0) is 13.0. The van der Waals surface area contributed by atoms with Crippen molar-refractivity contribution >= 4 is 0 Å². The minimum atomic E-state index is 0.194. The van der Waals surface area contributed by atoms with Gasteiger partial charge in [0.15, 0.2) is 0 Å². The second kappa shape index (κ2) is 6.21. The van der Waals surface area contributed by atoms with E-state index < -0.39 is 0 Å². The van der Waals surface area contributed by atoms with Crippen molar-refractivity contribution in [2.24, 2.45) is 5.73 Å². The summed E-state index contributed by atoms with van der Waals surface area (Å²) < 4.78 is 5.92. The third-order valence-corrected chi connectivity index (χ3v) is 3.52. The molecule has 0 saturated heterocycles. The Morgan fingerprint density at radius 2 is 2.22 bits per heavy atom. The molecule has 0 saturated carbocycles. The van der Waals surface area contributed by atoms with Crippen LogP contribution in [-0.2, 0) is 6.42 Å². The summed E-state index contributed by atoms with van der Waals surface area (Å²) in [5.74, 6) is 1.04. The van der Waals surface area contributed by atoms with E-state index in [2.05, 4.69) is 37.2 Å². The summed E-state index contributed by atoms with van der Waals surface area (Å²) in [7, 11) is 4.17. The molecule has 1 aliphatic carbocycles. The molecule has 1 atom stereocenters. The number of rotatable bonds is 5. The molecule has 1 aliphatic rings. The summed E-state index contributed by atoms with van der Waals surface area (Å²) in [6, 6.07) is 6.48. The van der Waals surface area contributed by atoms with Crippen LogP contribution < -0.4 is 10.5 Å². The Balaban J connectivity index is 1.98. The zero-order valence-electron chi connectivity index (χ0n) is 11.5. The Labute approximate surface area is 110 Å². The number of nitrogens with zero attached hydrogens (tertiary/aromatic N) is 1. The lowest BCUT2D eigenvalue weighted by molar-refractivity contribution is 0.278. The maximum atomic E-state index is 6.15. The topological polar surface area (TPSA) is 38.5 Å². The second-order valence-electron chi connectivity index (χ2n) is 5.33. The van der Waals surface area contributed by atoms with Crippen LogP contribution in [0.1, 0.15) is 36.4 Å². The molecule has 2 rings (SSSR count). The average molecular weight is 248 g/mol. The highest BCUT2D eigenvalue weighted by atomic mass is 16.5. The van der Waals surface area contributed by atoms with Crippen LogP contribution >= 0.6 is 0 Å². The van der Waals surface area contributed by atoms with Crippen molar-refractivity contribution < 1.29 is 4.74 Å². The molecule has 2 N–H and O–H groups in total. The van der Waals surface area contributed by atoms with E-state index in [1.165, 1.54) is 17.5 Å². The molecule has 0 fully saturated rings. The lowest BCUT2D eigenvalue weighted by Crippen LogP contribution is -2.19. The first-order valence-corrected chi connectivity index (χ1v) is 6.83. The van der Waals surface area contributed by atoms with Crippen molar-refractivity contribution in [3.05, 3.63) is 29.3 Å². The quantitative estimate of drug-likeness (QED) is 0.813. The SMILES string of the molecule is CN(C)CCCOc1cccc2c1CCCC2N. The van der Waals surface area contributed by atoms with Crippen molar-refractivity contribution in [1.29, 1.82) is 0 Å². The highest BCUT2D eigenvalue weighted by molar-refractivity contribution is 5.43. The Morgan fingerprint density at radius 3 is 3.00 bits per heavy atom. The number of benzene rings is 1. The first-order valence-electron chi connectivity index (χ1n) is 6.83. The fourth-order valence-corrected chi connectivity index (χ4v) is 2.55. The molecule has 1 unspecified atom stereocenters. The van der Waals surface area contributed by atoms with Gasteiger partial charge in [0.25, 0.3) is 0 Å². The highest BCUT2D eigenvalue weighted by Gasteiger charge is 2.19. The molecule has 3 nitrogen and oxygen atoms in total. The fraction of sp³-hybridized carbons (Fsp3) is 0.600. The molecule has 0 amide bonds. The molecule has 1 aromatic carbocycles. The van der Waals surface area contributed by atoms with Gasteiger partial charge in [-0.1, -0.05) is 12.1 Å². The predicted octanol–water partition coefficient (Wildman–Crippen LogP) is 2.35. The minimum absolute atomic E-state index is 0.194. The number of nitrogens with two attached hydrogens (primary N) is 1. The van der Waals surface area contributed by atoms with Crippen LogP contribution in [0.2, 0.25) is 0 Å². The van der Waals surface area contributed by atoms with Gasteiger partial charge in [-0.2, -0.15) is 0 Å². The Kier molecular flexibility index (Phi) is 4.61. The third-order valence-electron chi connectivity index (χ3n) is 3.52. The van der Waals surface area contributed by atoms with E-state index in [0.717, 1.165) is 38.2 Å². The molecule has 1 aromatic rings. The summed E-state index contributed by atoms with van der Waals surface area (Å²) >= 11 is 0. The largest absolute Gasteiger partial charge is 0.493 e. The third kappa shape index (κ3) is 3.24. The van der Waals surface area contributed by atoms with E-state index in [1.807, 2.05) is 0 Å². The van der Waals surface area contributed by atoms with Crippen LogP contribution in [0.4, 0.5) is 0 Å². The summed E-state index contributed by atoms with van der Waals surface area (Å²) in [6.07, 6.45) is 4.43. The first-order chi connectivity index (χ1) is 8.68. The van der Waals surface area contributed by atoms with Crippen molar-refractivity contribution in [3.8, 4) is 5.75 Å². The molecule has 0 spiro atoms. The number of hydrogen-bond acceptors (Lipinski definition) is 3. The Morgan fingerprint density at radius 1 is 1.39 bits per heavy atom. The van der Waals surface area contributed by atoms with Crippen LogP contribution in [0.5, 0.6) is 5.75 Å². The van der Waals surface area contributed by atoms with Crippen molar-refractivity contribution in [2.45, 2.75) is 31.7 Å². The van der Waals surface area contributed by atoms with Crippen LogP contribution in [0.15, 0.2) is 18.2 Å². The van der Waals surface area contributed by atoms with E-state index in [9.17, 15) is 0 Å². The second-order valence-corrected chi connectivity index (χ2v) is 5.33. The standard InChI is InChI=1S/C15H24N2O/c1-17(2)10-5-11-18-15-9-4-6-12-13(15)7-3-8-14(12)16/h4,6,9,14H,3,5,7-8,10-11,16H2,1-2H3. The molecule has 0 radical (unpaired) electrons. The normalized spacial score (nSPS) is 18.8. The van der Waals surface area contributed by atoms with Crippen LogP contribution in [0.25, 0.3) is 0 Å². The molecule has 18 heavy (non-hydrogen) atoms. The minimum Gasteiger partial charge on any atom is -0.493 e. The van der Waals surface area contributed by atoms with Gasteiger partial charge in [0.1, 0.15) is 5.75 Å². The highest BCUT2D eigenvalue weighted by Crippen LogP contribution is 2.33. The van der Waals surface area contributed by atoms with Gasteiger partial charge in [0.2, 0.25) is 0 Å². The number of hydrogen-bond donors (Lipinski definition) is 1. The molecule has 0 aromatic heterocycles. The molecule has 0 heterocycles. The van der Waals surface area contributed by atoms with E-state index in [-0.39, 0.29) is 6.04 Å². The monoisotopic (exact) mass is 248 g/mol. The van der Waals surface area contributed by atoms with Gasteiger partial charge in [0, 0.05) is 12.6 Å². The van der Waals surface area contributed by atoms with Crippen LogP contribution in [0.3, 0.4) is 0 Å². The fourth-order valence-electron chi connectivity index (χ4n) is 2.55. The first kappa shape index (κ1) is 13.4. The van der Waals surface area contributed by atoms with Crippen LogP contribution in [-0.4, -0.2) is 32.1 Å². The molecule has 0 bridgehead atoms. The lowest BCUT2D eigenvalue weighted by Gasteiger charge is -2.24. The van der Waals surface area contributed by atoms with Gasteiger partial charge in [-0.05, 0) is 57.0 Å². The van der Waals surface area contributed by atoms with Crippen molar-refractivity contribution in [2.75, 3.05) is 27.2 Å². The van der Waals surface area contributed by atoms with Gasteiger partial charge in [-0.15, -0.1) is 0 Å². The van der Waals surface area contributed by atoms with Gasteiger partial charge in [0.05, 0.1) is 6.61 Å². The number of ether oxygens (including phenoxy) is 1. The maximum Gasteiger partial charge on any atom is 0.122 e. The maximum absolute atomic E-state index is 6.15. The molecular weight excluding hydrogens is 224 g/mol. The van der Waals surface area contributed by atoms with Gasteiger partial charge in [-0.25, -0.2) is 0 Å². The Hall–Kier alpha value is -1.06. The summed E-state index contributed by atoms with van der Waals surface area (Å²) in [5.41, 5.74) is 8.77. The lowest BCUT2D eigenvalue weighted by atomic mass is 9.87. The summed E-state index contributed by atoms with van der Waals surface area (Å²) in [5, 5.41) is 0. The van der Waals surface area contributed by atoms with Crippen LogP contribution in [0, 0.1) is 0 Å². The summed E-state index contributed by atoms with van der Waals surface area (Å²) in [6.45, 7) is 1.85. The molecular formula is C15H24N2O. The molecule has 100 valence electrons. The van der Waals surface area contributed by atoms with E-state index in [1.54, 1.807) is 0 Å². The van der Waals surface area contributed by atoms with E-state index >= 15 is 0 Å². The number of fused-ring (bicyclic) bond motifs is 1. The van der Waals surface area contributed by atoms with Gasteiger partial charge in [-0.3, -0.25) is 0 Å². The van der Waals surface area contributed by atoms with Crippen molar-refractivity contribution in [3.63, 3.8) is 0 Å². The predicted molar refractivity (Wildman–Crippen MR) is 75.0 cm³/mol.